The highest BCUT2D eigenvalue weighted by Gasteiger charge is 2.27. The van der Waals surface area contributed by atoms with Gasteiger partial charge < -0.3 is 10.5 Å². The molecule has 0 aliphatic heterocycles. The van der Waals surface area contributed by atoms with Gasteiger partial charge in [-0.25, -0.2) is 4.98 Å². The van der Waals surface area contributed by atoms with Gasteiger partial charge in [0, 0.05) is 6.20 Å². The minimum atomic E-state index is -0.249. The minimum Gasteiger partial charge on any atom is -0.475 e. The number of halogens is 2. The zero-order valence-electron chi connectivity index (χ0n) is 10.3. The molecule has 0 saturated heterocycles. The van der Waals surface area contributed by atoms with Crippen LogP contribution in [0.15, 0.2) is 12.3 Å². The van der Waals surface area contributed by atoms with E-state index in [1.807, 2.05) is 0 Å². The fraction of sp³-hybridized carbons (Fsp3) is 0.615. The number of ether oxygens (including phenoxy) is 1. The summed E-state index contributed by atoms with van der Waals surface area (Å²) in [6.45, 7) is 0.460. The SMILES string of the molecule is NC1(COc2ncc(Cl)cc2Cl)CCCCCC1. The van der Waals surface area contributed by atoms with E-state index in [0.717, 1.165) is 12.8 Å². The Labute approximate surface area is 118 Å². The van der Waals surface area contributed by atoms with E-state index in [1.165, 1.54) is 31.9 Å². The van der Waals surface area contributed by atoms with Crippen LogP contribution in [0.3, 0.4) is 0 Å². The maximum absolute atomic E-state index is 6.36. The highest BCUT2D eigenvalue weighted by atomic mass is 35.5. The molecule has 3 nitrogen and oxygen atoms in total. The molecule has 1 heterocycles. The molecule has 2 rings (SSSR count). The molecule has 1 aliphatic carbocycles. The van der Waals surface area contributed by atoms with Crippen molar-refractivity contribution in [3.8, 4) is 5.88 Å². The third kappa shape index (κ3) is 3.74. The van der Waals surface area contributed by atoms with Crippen molar-refractivity contribution < 1.29 is 4.74 Å². The molecule has 18 heavy (non-hydrogen) atoms. The molecule has 0 bridgehead atoms. The number of pyridine rings is 1. The van der Waals surface area contributed by atoms with Crippen molar-refractivity contribution >= 4 is 23.2 Å². The van der Waals surface area contributed by atoms with Crippen LogP contribution in [0, 0.1) is 0 Å². The number of nitrogens with two attached hydrogens (primary N) is 1. The van der Waals surface area contributed by atoms with Gasteiger partial charge in [-0.15, -0.1) is 0 Å². The van der Waals surface area contributed by atoms with Crippen LogP contribution in [0.1, 0.15) is 38.5 Å². The molecule has 1 aromatic heterocycles. The van der Waals surface area contributed by atoms with Crippen LogP contribution in [0.25, 0.3) is 0 Å². The second-order valence-electron chi connectivity index (χ2n) is 5.01. The Bertz CT molecular complexity index is 404. The molecule has 0 aromatic carbocycles. The maximum Gasteiger partial charge on any atom is 0.232 e. The van der Waals surface area contributed by atoms with E-state index < -0.39 is 0 Å². The minimum absolute atomic E-state index is 0.249. The van der Waals surface area contributed by atoms with Gasteiger partial charge >= 0.3 is 0 Å². The molecule has 1 aromatic rings. The van der Waals surface area contributed by atoms with Gasteiger partial charge in [0.2, 0.25) is 5.88 Å². The summed E-state index contributed by atoms with van der Waals surface area (Å²) in [6.07, 6.45) is 8.39. The highest BCUT2D eigenvalue weighted by Crippen LogP contribution is 2.28. The van der Waals surface area contributed by atoms with E-state index >= 15 is 0 Å². The standard InChI is InChI=1S/C13H18Cl2N2O/c14-10-7-11(15)12(17-8-10)18-9-13(16)5-3-1-2-4-6-13/h7-8H,1-6,9,16H2. The number of hydrogen-bond acceptors (Lipinski definition) is 3. The lowest BCUT2D eigenvalue weighted by Gasteiger charge is -2.27. The second-order valence-corrected chi connectivity index (χ2v) is 5.85. The van der Waals surface area contributed by atoms with Gasteiger partial charge in [0.1, 0.15) is 11.6 Å². The van der Waals surface area contributed by atoms with Gasteiger partial charge in [-0.3, -0.25) is 0 Å². The Morgan fingerprint density at radius 1 is 1.22 bits per heavy atom. The lowest BCUT2D eigenvalue weighted by atomic mass is 9.93. The number of hydrogen-bond donors (Lipinski definition) is 1. The van der Waals surface area contributed by atoms with Crippen molar-refractivity contribution in [3.63, 3.8) is 0 Å². The lowest BCUT2D eigenvalue weighted by Crippen LogP contribution is -2.45. The van der Waals surface area contributed by atoms with Crippen molar-refractivity contribution in [2.24, 2.45) is 5.73 Å². The second kappa shape index (κ2) is 6.09. The van der Waals surface area contributed by atoms with Crippen molar-refractivity contribution in [1.82, 2.24) is 4.98 Å². The van der Waals surface area contributed by atoms with Gasteiger partial charge in [0.25, 0.3) is 0 Å². The van der Waals surface area contributed by atoms with Crippen LogP contribution in [-0.4, -0.2) is 17.1 Å². The Kier molecular flexibility index (Phi) is 4.71. The van der Waals surface area contributed by atoms with Crippen LogP contribution >= 0.6 is 23.2 Å². The molecule has 0 amide bonds. The number of aromatic nitrogens is 1. The predicted octanol–water partition coefficient (Wildman–Crippen LogP) is 3.82. The summed E-state index contributed by atoms with van der Waals surface area (Å²) in [6, 6.07) is 1.63. The molecule has 1 fully saturated rings. The van der Waals surface area contributed by atoms with Crippen LogP contribution in [-0.2, 0) is 0 Å². The van der Waals surface area contributed by atoms with Crippen LogP contribution in [0.2, 0.25) is 10.0 Å². The van der Waals surface area contributed by atoms with E-state index in [1.54, 1.807) is 6.07 Å². The molecule has 0 spiro atoms. The topological polar surface area (TPSA) is 48.1 Å². The van der Waals surface area contributed by atoms with Crippen molar-refractivity contribution in [3.05, 3.63) is 22.3 Å². The fourth-order valence-electron chi connectivity index (χ4n) is 2.30. The van der Waals surface area contributed by atoms with Crippen LogP contribution in [0.4, 0.5) is 0 Å². The van der Waals surface area contributed by atoms with E-state index in [2.05, 4.69) is 4.98 Å². The molecular weight excluding hydrogens is 271 g/mol. The molecule has 0 unspecified atom stereocenters. The molecule has 0 atom stereocenters. The van der Waals surface area contributed by atoms with E-state index in [9.17, 15) is 0 Å². The van der Waals surface area contributed by atoms with Crippen LogP contribution in [0.5, 0.6) is 5.88 Å². The summed E-state index contributed by atoms with van der Waals surface area (Å²) >= 11 is 11.8. The maximum atomic E-state index is 6.36. The van der Waals surface area contributed by atoms with Gasteiger partial charge in [-0.05, 0) is 18.9 Å². The first-order valence-electron chi connectivity index (χ1n) is 6.32. The Balaban J connectivity index is 1.97. The highest BCUT2D eigenvalue weighted by molar-refractivity contribution is 6.35. The summed E-state index contributed by atoms with van der Waals surface area (Å²) in [7, 11) is 0. The zero-order chi connectivity index (χ0) is 13.0. The quantitative estimate of drug-likeness (QED) is 0.860. The largest absolute Gasteiger partial charge is 0.475 e. The Morgan fingerprint density at radius 3 is 2.50 bits per heavy atom. The van der Waals surface area contributed by atoms with Crippen LogP contribution < -0.4 is 10.5 Å². The summed E-state index contributed by atoms with van der Waals surface area (Å²) in [4.78, 5) is 4.08. The first kappa shape index (κ1) is 13.9. The average Bonchev–Trinajstić information content (AvgIpc) is 2.54. The molecule has 2 N–H and O–H groups in total. The first-order chi connectivity index (χ1) is 8.59. The van der Waals surface area contributed by atoms with E-state index in [-0.39, 0.29) is 5.54 Å². The normalized spacial score (nSPS) is 19.3. The van der Waals surface area contributed by atoms with Gasteiger partial charge in [0.15, 0.2) is 0 Å². The van der Waals surface area contributed by atoms with Gasteiger partial charge in [-0.1, -0.05) is 48.9 Å². The molecular formula is C13H18Cl2N2O. The van der Waals surface area contributed by atoms with E-state index in [0.29, 0.717) is 22.5 Å². The third-order valence-electron chi connectivity index (χ3n) is 3.37. The van der Waals surface area contributed by atoms with Crippen molar-refractivity contribution in [2.45, 2.75) is 44.1 Å². The lowest BCUT2D eigenvalue weighted by molar-refractivity contribution is 0.194. The van der Waals surface area contributed by atoms with Gasteiger partial charge in [-0.2, -0.15) is 0 Å². The predicted molar refractivity (Wildman–Crippen MR) is 74.4 cm³/mol. The molecule has 1 saturated carbocycles. The summed E-state index contributed by atoms with van der Waals surface area (Å²) in [5.41, 5.74) is 6.12. The average molecular weight is 289 g/mol. The van der Waals surface area contributed by atoms with Crippen molar-refractivity contribution in [1.29, 1.82) is 0 Å². The molecule has 0 radical (unpaired) electrons. The smallest absolute Gasteiger partial charge is 0.232 e. The van der Waals surface area contributed by atoms with Gasteiger partial charge in [0.05, 0.1) is 10.6 Å². The summed E-state index contributed by atoms with van der Waals surface area (Å²) in [5, 5.41) is 0.934. The van der Waals surface area contributed by atoms with E-state index in [4.69, 9.17) is 33.7 Å². The zero-order valence-corrected chi connectivity index (χ0v) is 11.8. The monoisotopic (exact) mass is 288 g/mol. The number of rotatable bonds is 3. The first-order valence-corrected chi connectivity index (χ1v) is 7.07. The molecule has 100 valence electrons. The Morgan fingerprint density at radius 2 is 1.89 bits per heavy atom. The summed E-state index contributed by atoms with van der Waals surface area (Å²) in [5.74, 6) is 0.412. The summed E-state index contributed by atoms with van der Waals surface area (Å²) < 4.78 is 5.66. The molecule has 5 heteroatoms. The third-order valence-corrected chi connectivity index (χ3v) is 3.85. The fourth-order valence-corrected chi connectivity index (χ4v) is 2.73. The van der Waals surface area contributed by atoms with Crippen molar-refractivity contribution in [2.75, 3.05) is 6.61 Å². The number of nitrogens with zero attached hydrogens (tertiary/aromatic N) is 1. The molecule has 1 aliphatic rings. The Hall–Kier alpha value is -0.510.